The van der Waals surface area contributed by atoms with Gasteiger partial charge in [0.15, 0.2) is 0 Å². The highest BCUT2D eigenvalue weighted by Gasteiger charge is 2.23. The summed E-state index contributed by atoms with van der Waals surface area (Å²) in [6.45, 7) is 7.74. The van der Waals surface area contributed by atoms with E-state index in [0.29, 0.717) is 18.1 Å². The van der Waals surface area contributed by atoms with Gasteiger partial charge >= 0.3 is 0 Å². The molecule has 3 aromatic heterocycles. The maximum Gasteiger partial charge on any atom is 0.141 e. The van der Waals surface area contributed by atoms with Crippen molar-refractivity contribution in [1.82, 2.24) is 24.8 Å². The minimum absolute atomic E-state index is 0.138. The van der Waals surface area contributed by atoms with Crippen molar-refractivity contribution < 1.29 is 4.79 Å². The number of hydrogen-bond acceptors (Lipinski definition) is 6. The molecule has 1 saturated heterocycles. The first-order valence-electron chi connectivity index (χ1n) is 10.9. The quantitative estimate of drug-likeness (QED) is 0.620. The Hall–Kier alpha value is -2.73. The van der Waals surface area contributed by atoms with Crippen molar-refractivity contribution in [3.63, 3.8) is 0 Å². The van der Waals surface area contributed by atoms with Gasteiger partial charge in [-0.05, 0) is 56.5 Å². The van der Waals surface area contributed by atoms with E-state index in [4.69, 9.17) is 4.98 Å². The maximum atomic E-state index is 13.0. The summed E-state index contributed by atoms with van der Waals surface area (Å²) < 4.78 is 0. The first-order chi connectivity index (χ1) is 14.6. The highest BCUT2D eigenvalue weighted by atomic mass is 16.1. The number of pyridine rings is 2. The summed E-state index contributed by atoms with van der Waals surface area (Å²) in [4.78, 5) is 33.2. The van der Waals surface area contributed by atoms with Gasteiger partial charge in [-0.3, -0.25) is 19.7 Å². The topological polar surface area (TPSA) is 71.9 Å². The zero-order valence-electron chi connectivity index (χ0n) is 17.8. The Morgan fingerprint density at radius 3 is 2.80 bits per heavy atom. The van der Waals surface area contributed by atoms with E-state index in [9.17, 15) is 4.79 Å². The summed E-state index contributed by atoms with van der Waals surface area (Å²) in [5.41, 5.74) is 3.13. The minimum atomic E-state index is 0.138. The first-order valence-corrected chi connectivity index (χ1v) is 10.9. The molecule has 0 N–H and O–H groups in total. The summed E-state index contributed by atoms with van der Waals surface area (Å²) in [5.74, 6) is 1.11. The number of Topliss-reactive ketones (excluding diaryl/α,β-unsaturated/α-hetero) is 1. The molecule has 156 valence electrons. The molecule has 1 aliphatic rings. The van der Waals surface area contributed by atoms with Gasteiger partial charge < -0.3 is 4.90 Å². The van der Waals surface area contributed by atoms with Gasteiger partial charge in [0.2, 0.25) is 0 Å². The molecule has 1 unspecified atom stereocenters. The highest BCUT2D eigenvalue weighted by molar-refractivity contribution is 5.85. The van der Waals surface area contributed by atoms with Crippen molar-refractivity contribution in [2.75, 3.05) is 19.6 Å². The lowest BCUT2D eigenvalue weighted by molar-refractivity contribution is -0.122. The van der Waals surface area contributed by atoms with E-state index < -0.39 is 0 Å². The molecule has 0 saturated carbocycles. The molecule has 4 heterocycles. The summed E-state index contributed by atoms with van der Waals surface area (Å²) in [6, 6.07) is 5.85. The van der Waals surface area contributed by atoms with Crippen molar-refractivity contribution >= 4 is 16.7 Å². The van der Waals surface area contributed by atoms with E-state index in [1.807, 2.05) is 24.4 Å². The van der Waals surface area contributed by atoms with Crippen LogP contribution in [-0.4, -0.2) is 50.3 Å². The molecule has 0 aliphatic carbocycles. The largest absolute Gasteiger partial charge is 0.303 e. The number of likely N-dealkylation sites (tertiary alicyclic amines) is 1. The zero-order valence-corrected chi connectivity index (χ0v) is 17.8. The number of aromatic nitrogens is 4. The summed E-state index contributed by atoms with van der Waals surface area (Å²) in [5, 5.41) is 0.956. The molecule has 0 spiro atoms. The fourth-order valence-corrected chi connectivity index (χ4v) is 4.23. The lowest BCUT2D eigenvalue weighted by atomic mass is 9.93. The van der Waals surface area contributed by atoms with E-state index in [-0.39, 0.29) is 5.92 Å². The van der Waals surface area contributed by atoms with Crippen LogP contribution in [0.4, 0.5) is 0 Å². The number of fused-ring (bicyclic) bond motifs is 1. The summed E-state index contributed by atoms with van der Waals surface area (Å²) >= 11 is 0. The predicted octanol–water partition coefficient (Wildman–Crippen LogP) is 3.96. The van der Waals surface area contributed by atoms with Crippen molar-refractivity contribution in [1.29, 1.82) is 0 Å². The molecular formula is C24H29N5O. The molecule has 0 radical (unpaired) electrons. The zero-order chi connectivity index (χ0) is 20.9. The Labute approximate surface area is 177 Å². The standard InChI is InChI=1S/C24H29N5O/c1-17(2)16-29-10-3-4-18(7-11-29)24(30)13-20-12-22-19(14-27-20)5-6-21(28-22)23-15-25-8-9-26-23/h5-6,8-9,12,14-15,17-18H,3-4,7,10-11,13,16H2,1-2H3. The maximum absolute atomic E-state index is 13.0. The summed E-state index contributed by atoms with van der Waals surface area (Å²) in [6.07, 6.45) is 10.2. The van der Waals surface area contributed by atoms with Crippen LogP contribution in [0.1, 0.15) is 38.8 Å². The van der Waals surface area contributed by atoms with Crippen molar-refractivity contribution in [2.45, 2.75) is 39.5 Å². The third-order valence-corrected chi connectivity index (χ3v) is 5.71. The molecular weight excluding hydrogens is 374 g/mol. The Balaban J connectivity index is 1.46. The second kappa shape index (κ2) is 9.39. The van der Waals surface area contributed by atoms with Crippen molar-refractivity contribution in [3.05, 3.63) is 48.7 Å². The molecule has 1 atom stereocenters. The molecule has 0 bridgehead atoms. The summed E-state index contributed by atoms with van der Waals surface area (Å²) in [7, 11) is 0. The van der Waals surface area contributed by atoms with Crippen LogP contribution in [-0.2, 0) is 11.2 Å². The molecule has 1 aliphatic heterocycles. The normalized spacial score (nSPS) is 17.9. The van der Waals surface area contributed by atoms with Crippen LogP contribution >= 0.6 is 0 Å². The Morgan fingerprint density at radius 2 is 2.00 bits per heavy atom. The van der Waals surface area contributed by atoms with Crippen LogP contribution in [0.15, 0.2) is 43.0 Å². The van der Waals surface area contributed by atoms with Gasteiger partial charge in [-0.25, -0.2) is 4.98 Å². The fourth-order valence-electron chi connectivity index (χ4n) is 4.23. The van der Waals surface area contributed by atoms with Crippen molar-refractivity contribution in [2.24, 2.45) is 11.8 Å². The molecule has 30 heavy (non-hydrogen) atoms. The fraction of sp³-hybridized carbons (Fsp3) is 0.458. The average Bonchev–Trinajstić information content (AvgIpc) is 2.99. The van der Waals surface area contributed by atoms with Gasteiger partial charge in [-0.15, -0.1) is 0 Å². The van der Waals surface area contributed by atoms with E-state index in [0.717, 1.165) is 66.9 Å². The Kier molecular flexibility index (Phi) is 6.43. The van der Waals surface area contributed by atoms with Crippen LogP contribution in [0.25, 0.3) is 22.3 Å². The monoisotopic (exact) mass is 403 g/mol. The number of carbonyl (C=O) groups excluding carboxylic acids is 1. The second-order valence-electron chi connectivity index (χ2n) is 8.62. The second-order valence-corrected chi connectivity index (χ2v) is 8.62. The Bertz CT molecular complexity index is 1000. The predicted molar refractivity (Wildman–Crippen MR) is 118 cm³/mol. The molecule has 6 nitrogen and oxygen atoms in total. The van der Waals surface area contributed by atoms with Gasteiger partial charge in [-0.1, -0.05) is 13.8 Å². The lowest BCUT2D eigenvalue weighted by Gasteiger charge is -2.22. The number of hydrogen-bond donors (Lipinski definition) is 0. The lowest BCUT2D eigenvalue weighted by Crippen LogP contribution is -2.29. The molecule has 0 amide bonds. The third-order valence-electron chi connectivity index (χ3n) is 5.71. The van der Waals surface area contributed by atoms with Crippen LogP contribution in [0.5, 0.6) is 0 Å². The Morgan fingerprint density at radius 1 is 1.10 bits per heavy atom. The van der Waals surface area contributed by atoms with Gasteiger partial charge in [0.05, 0.1) is 17.4 Å². The number of carbonyl (C=O) groups is 1. The molecule has 0 aromatic carbocycles. The van der Waals surface area contributed by atoms with Gasteiger partial charge in [0, 0.05) is 48.6 Å². The minimum Gasteiger partial charge on any atom is -0.303 e. The van der Waals surface area contributed by atoms with Gasteiger partial charge in [0.1, 0.15) is 11.5 Å². The van der Waals surface area contributed by atoms with Gasteiger partial charge in [-0.2, -0.15) is 0 Å². The third kappa shape index (κ3) is 5.05. The SMILES string of the molecule is CC(C)CN1CCCC(C(=O)Cc2cc3nc(-c4cnccn4)ccc3cn2)CC1. The molecule has 6 heteroatoms. The molecule has 3 aromatic rings. The van der Waals surface area contributed by atoms with E-state index in [1.54, 1.807) is 18.6 Å². The highest BCUT2D eigenvalue weighted by Crippen LogP contribution is 2.22. The molecule has 1 fully saturated rings. The van der Waals surface area contributed by atoms with Crippen LogP contribution in [0.2, 0.25) is 0 Å². The number of nitrogens with zero attached hydrogens (tertiary/aromatic N) is 5. The average molecular weight is 404 g/mol. The van der Waals surface area contributed by atoms with E-state index >= 15 is 0 Å². The molecule has 4 rings (SSSR count). The first kappa shape index (κ1) is 20.5. The van der Waals surface area contributed by atoms with Crippen LogP contribution < -0.4 is 0 Å². The smallest absolute Gasteiger partial charge is 0.141 e. The van der Waals surface area contributed by atoms with Gasteiger partial charge in [0.25, 0.3) is 0 Å². The number of rotatable bonds is 6. The van der Waals surface area contributed by atoms with Crippen LogP contribution in [0.3, 0.4) is 0 Å². The number of ketones is 1. The van der Waals surface area contributed by atoms with Crippen LogP contribution in [0, 0.1) is 11.8 Å². The van der Waals surface area contributed by atoms with E-state index in [2.05, 4.69) is 33.7 Å². The van der Waals surface area contributed by atoms with E-state index in [1.165, 1.54) is 0 Å². The van der Waals surface area contributed by atoms with Crippen molar-refractivity contribution in [3.8, 4) is 11.4 Å².